The van der Waals surface area contributed by atoms with Crippen molar-refractivity contribution >= 4 is 21.6 Å². The lowest BCUT2D eigenvalue weighted by molar-refractivity contribution is 0.465. The fourth-order valence-corrected chi connectivity index (χ4v) is 3.62. The van der Waals surface area contributed by atoms with E-state index < -0.39 is 15.8 Å². The lowest BCUT2D eigenvalue weighted by atomic mass is 10.3. The van der Waals surface area contributed by atoms with Gasteiger partial charge in [0, 0.05) is 19.1 Å². The van der Waals surface area contributed by atoms with E-state index in [4.69, 9.17) is 17.3 Å². The molecular formula is C10H12ClFN2O2S. The normalized spacial score (nSPS) is 21.9. The molecule has 0 saturated carbocycles. The minimum atomic E-state index is -3.83. The van der Waals surface area contributed by atoms with E-state index in [1.54, 1.807) is 0 Å². The molecule has 1 aromatic carbocycles. The molecule has 2 N–H and O–H groups in total. The van der Waals surface area contributed by atoms with Crippen molar-refractivity contribution in [2.45, 2.75) is 17.4 Å². The van der Waals surface area contributed by atoms with Gasteiger partial charge >= 0.3 is 0 Å². The average molecular weight is 279 g/mol. The zero-order valence-corrected chi connectivity index (χ0v) is 10.5. The van der Waals surface area contributed by atoms with E-state index in [2.05, 4.69) is 0 Å². The van der Waals surface area contributed by atoms with Gasteiger partial charge in [-0.05, 0) is 18.6 Å². The summed E-state index contributed by atoms with van der Waals surface area (Å²) in [6, 6.07) is 3.74. The van der Waals surface area contributed by atoms with E-state index in [1.165, 1.54) is 22.5 Å². The summed E-state index contributed by atoms with van der Waals surface area (Å²) in [4.78, 5) is -0.390. The van der Waals surface area contributed by atoms with Crippen molar-refractivity contribution in [1.29, 1.82) is 0 Å². The zero-order valence-electron chi connectivity index (χ0n) is 8.94. The lowest BCUT2D eigenvalue weighted by Crippen LogP contribution is -2.32. The van der Waals surface area contributed by atoms with Gasteiger partial charge in [-0.2, -0.15) is 4.31 Å². The van der Waals surface area contributed by atoms with Crippen LogP contribution in [0.4, 0.5) is 4.39 Å². The van der Waals surface area contributed by atoms with Gasteiger partial charge in [0.05, 0.1) is 5.02 Å². The van der Waals surface area contributed by atoms with Crippen LogP contribution in [-0.4, -0.2) is 31.9 Å². The van der Waals surface area contributed by atoms with Crippen molar-refractivity contribution in [3.8, 4) is 0 Å². The van der Waals surface area contributed by atoms with Crippen LogP contribution in [0.1, 0.15) is 6.42 Å². The summed E-state index contributed by atoms with van der Waals surface area (Å²) in [6.07, 6.45) is 0.585. The molecule has 4 nitrogen and oxygen atoms in total. The van der Waals surface area contributed by atoms with Crippen LogP contribution in [0.5, 0.6) is 0 Å². The maximum atomic E-state index is 13.7. The van der Waals surface area contributed by atoms with E-state index in [-0.39, 0.29) is 22.5 Å². The second-order valence-corrected chi connectivity index (χ2v) is 6.28. The van der Waals surface area contributed by atoms with Gasteiger partial charge in [-0.3, -0.25) is 0 Å². The van der Waals surface area contributed by atoms with Gasteiger partial charge in [0.15, 0.2) is 5.82 Å². The molecule has 0 aliphatic carbocycles. The van der Waals surface area contributed by atoms with Crippen molar-refractivity contribution in [1.82, 2.24) is 4.31 Å². The van der Waals surface area contributed by atoms with E-state index in [0.29, 0.717) is 13.0 Å². The molecule has 17 heavy (non-hydrogen) atoms. The number of hydrogen-bond acceptors (Lipinski definition) is 3. The van der Waals surface area contributed by atoms with Crippen LogP contribution in [0.3, 0.4) is 0 Å². The molecule has 0 radical (unpaired) electrons. The van der Waals surface area contributed by atoms with Crippen molar-refractivity contribution in [2.24, 2.45) is 5.73 Å². The monoisotopic (exact) mass is 278 g/mol. The number of sulfonamides is 1. The predicted octanol–water partition coefficient (Wildman–Crippen LogP) is 1.20. The Morgan fingerprint density at radius 1 is 1.47 bits per heavy atom. The molecule has 1 aliphatic heterocycles. The first kappa shape index (κ1) is 12.8. The molecule has 2 rings (SSSR count). The highest BCUT2D eigenvalue weighted by molar-refractivity contribution is 7.89. The fraction of sp³-hybridized carbons (Fsp3) is 0.400. The second-order valence-electron chi connectivity index (χ2n) is 3.96. The Bertz CT molecular complexity index is 535. The van der Waals surface area contributed by atoms with Gasteiger partial charge in [0.2, 0.25) is 10.0 Å². The quantitative estimate of drug-likeness (QED) is 0.884. The largest absolute Gasteiger partial charge is 0.326 e. The number of halogens is 2. The molecule has 1 aliphatic rings. The highest BCUT2D eigenvalue weighted by Crippen LogP contribution is 2.26. The highest BCUT2D eigenvalue weighted by atomic mass is 35.5. The van der Waals surface area contributed by atoms with Crippen molar-refractivity contribution < 1.29 is 12.8 Å². The summed E-state index contributed by atoms with van der Waals surface area (Å²) < 4.78 is 39.1. The van der Waals surface area contributed by atoms with E-state index in [0.717, 1.165) is 0 Å². The Kier molecular flexibility index (Phi) is 3.40. The molecule has 1 saturated heterocycles. The summed E-state index contributed by atoms with van der Waals surface area (Å²) in [5.41, 5.74) is 5.64. The van der Waals surface area contributed by atoms with Crippen LogP contribution in [0.15, 0.2) is 23.1 Å². The Morgan fingerprint density at radius 3 is 2.76 bits per heavy atom. The summed E-state index contributed by atoms with van der Waals surface area (Å²) in [6.45, 7) is 0.531. The molecule has 1 atom stereocenters. The molecular weight excluding hydrogens is 267 g/mol. The summed E-state index contributed by atoms with van der Waals surface area (Å²) >= 11 is 5.57. The van der Waals surface area contributed by atoms with Crippen LogP contribution in [0.2, 0.25) is 5.02 Å². The standard InChI is InChI=1S/C10H12ClFN2O2S/c11-8-2-1-3-9(10(8)12)17(15,16)14-5-4-7(13)6-14/h1-3,7H,4-6,13H2/t7-/m1/s1. The highest BCUT2D eigenvalue weighted by Gasteiger charge is 2.33. The number of nitrogens with two attached hydrogens (primary N) is 1. The molecule has 7 heteroatoms. The van der Waals surface area contributed by atoms with E-state index in [1.807, 2.05) is 0 Å². The van der Waals surface area contributed by atoms with Crippen LogP contribution in [0, 0.1) is 5.82 Å². The maximum absolute atomic E-state index is 13.7. The van der Waals surface area contributed by atoms with Crippen LogP contribution >= 0.6 is 11.6 Å². The average Bonchev–Trinajstić information content (AvgIpc) is 2.69. The van der Waals surface area contributed by atoms with Crippen LogP contribution < -0.4 is 5.73 Å². The fourth-order valence-electron chi connectivity index (χ4n) is 1.79. The molecule has 94 valence electrons. The molecule has 0 unspecified atom stereocenters. The minimum Gasteiger partial charge on any atom is -0.326 e. The van der Waals surface area contributed by atoms with E-state index >= 15 is 0 Å². The van der Waals surface area contributed by atoms with E-state index in [9.17, 15) is 12.8 Å². The molecule has 0 bridgehead atoms. The molecule has 0 amide bonds. The summed E-state index contributed by atoms with van der Waals surface area (Å²) in [5, 5.41) is -0.199. The SMILES string of the molecule is N[C@@H]1CCN(S(=O)(=O)c2cccc(Cl)c2F)C1. The molecule has 0 spiro atoms. The van der Waals surface area contributed by atoms with Gasteiger partial charge in [-0.15, -0.1) is 0 Å². The first-order valence-electron chi connectivity index (χ1n) is 5.12. The maximum Gasteiger partial charge on any atom is 0.246 e. The Labute approximate surface area is 104 Å². The molecule has 1 fully saturated rings. The van der Waals surface area contributed by atoms with Crippen molar-refractivity contribution in [3.05, 3.63) is 29.0 Å². The first-order valence-corrected chi connectivity index (χ1v) is 6.94. The number of rotatable bonds is 2. The smallest absolute Gasteiger partial charge is 0.246 e. The van der Waals surface area contributed by atoms with Gasteiger partial charge in [0.25, 0.3) is 0 Å². The van der Waals surface area contributed by atoms with Gasteiger partial charge in [-0.25, -0.2) is 12.8 Å². The third kappa shape index (κ3) is 2.30. The molecule has 1 heterocycles. The summed E-state index contributed by atoms with van der Waals surface area (Å²) in [5.74, 6) is -0.908. The summed E-state index contributed by atoms with van der Waals surface area (Å²) in [7, 11) is -3.83. The third-order valence-corrected chi connectivity index (χ3v) is 4.90. The first-order chi connectivity index (χ1) is 7.93. The van der Waals surface area contributed by atoms with Gasteiger partial charge in [0.1, 0.15) is 4.90 Å². The van der Waals surface area contributed by atoms with Gasteiger partial charge in [-0.1, -0.05) is 17.7 Å². The molecule has 0 aromatic heterocycles. The number of nitrogens with zero attached hydrogens (tertiary/aromatic N) is 1. The molecule has 1 aromatic rings. The van der Waals surface area contributed by atoms with Crippen molar-refractivity contribution in [2.75, 3.05) is 13.1 Å². The number of benzene rings is 1. The Hall–Kier alpha value is -0.690. The zero-order chi connectivity index (χ0) is 12.6. The Balaban J connectivity index is 2.42. The van der Waals surface area contributed by atoms with Gasteiger partial charge < -0.3 is 5.73 Å². The second kappa shape index (κ2) is 4.53. The van der Waals surface area contributed by atoms with Crippen LogP contribution in [-0.2, 0) is 10.0 Å². The predicted molar refractivity (Wildman–Crippen MR) is 62.8 cm³/mol. The van der Waals surface area contributed by atoms with Crippen LogP contribution in [0.25, 0.3) is 0 Å². The lowest BCUT2D eigenvalue weighted by Gasteiger charge is -2.16. The third-order valence-electron chi connectivity index (χ3n) is 2.72. The minimum absolute atomic E-state index is 0.188. The number of hydrogen-bond donors (Lipinski definition) is 1. The van der Waals surface area contributed by atoms with Crippen molar-refractivity contribution in [3.63, 3.8) is 0 Å². The topological polar surface area (TPSA) is 63.4 Å². The Morgan fingerprint density at radius 2 is 2.18 bits per heavy atom.